The van der Waals surface area contributed by atoms with E-state index in [4.69, 9.17) is 14.3 Å². The number of carboxylic acid groups (broad SMARTS) is 1. The fourth-order valence-electron chi connectivity index (χ4n) is 2.00. The first-order chi connectivity index (χ1) is 9.86. The van der Waals surface area contributed by atoms with Gasteiger partial charge in [-0.05, 0) is 27.9 Å². The van der Waals surface area contributed by atoms with Crippen LogP contribution < -0.4 is 0 Å². The number of methoxy groups -OCH3 is 1. The summed E-state index contributed by atoms with van der Waals surface area (Å²) in [5.74, 6) is -1.74. The summed E-state index contributed by atoms with van der Waals surface area (Å²) in [5, 5.41) is 8.85. The maximum Gasteiger partial charge on any atom is 0.371 e. The van der Waals surface area contributed by atoms with Crippen molar-refractivity contribution in [2.24, 2.45) is 0 Å². The number of rotatable bonds is 5. The summed E-state index contributed by atoms with van der Waals surface area (Å²) in [6.45, 7) is 1.02. The van der Waals surface area contributed by atoms with Gasteiger partial charge in [-0.3, -0.25) is 0 Å². The van der Waals surface area contributed by atoms with E-state index in [2.05, 4.69) is 15.9 Å². The van der Waals surface area contributed by atoms with Crippen LogP contribution in [0.3, 0.4) is 0 Å². The van der Waals surface area contributed by atoms with Gasteiger partial charge >= 0.3 is 5.97 Å². The molecule has 116 valence electrons. The summed E-state index contributed by atoms with van der Waals surface area (Å²) in [6, 6.07) is 1.01. The van der Waals surface area contributed by atoms with E-state index in [1.165, 1.54) is 4.31 Å². The number of nitrogens with zero attached hydrogens (tertiary/aromatic N) is 1. The van der Waals surface area contributed by atoms with E-state index in [1.807, 2.05) is 0 Å². The van der Waals surface area contributed by atoms with E-state index in [1.54, 1.807) is 13.2 Å². The zero-order valence-electron chi connectivity index (χ0n) is 11.2. The molecule has 0 spiro atoms. The van der Waals surface area contributed by atoms with Gasteiger partial charge in [0.05, 0.1) is 6.61 Å². The quantitative estimate of drug-likeness (QED) is 0.782. The first kappa shape index (κ1) is 16.2. The molecule has 1 aromatic heterocycles. The zero-order chi connectivity index (χ0) is 15.6. The molecule has 0 saturated heterocycles. The molecular formula is C12H14BrNO6S. The molecule has 1 aromatic rings. The van der Waals surface area contributed by atoms with Crippen molar-refractivity contribution in [1.29, 1.82) is 0 Å². The Morgan fingerprint density at radius 2 is 2.29 bits per heavy atom. The Kier molecular flexibility index (Phi) is 4.87. The molecule has 2 rings (SSSR count). The molecule has 2 heterocycles. The summed E-state index contributed by atoms with van der Waals surface area (Å²) in [4.78, 5) is 10.7. The van der Waals surface area contributed by atoms with Gasteiger partial charge in [-0.1, -0.05) is 6.08 Å². The van der Waals surface area contributed by atoms with E-state index < -0.39 is 21.8 Å². The van der Waals surface area contributed by atoms with Crippen LogP contribution in [0.25, 0.3) is 0 Å². The second kappa shape index (κ2) is 6.30. The van der Waals surface area contributed by atoms with E-state index in [0.717, 1.165) is 11.6 Å². The van der Waals surface area contributed by atoms with Crippen molar-refractivity contribution in [2.45, 2.75) is 11.3 Å². The number of hydrogen-bond acceptors (Lipinski definition) is 5. The number of halogens is 1. The average molecular weight is 380 g/mol. The van der Waals surface area contributed by atoms with E-state index >= 15 is 0 Å². The summed E-state index contributed by atoms with van der Waals surface area (Å²) in [7, 11) is -2.22. The lowest BCUT2D eigenvalue weighted by Gasteiger charge is -2.25. The predicted octanol–water partition coefficient (Wildman–Crippen LogP) is 1.71. The number of ether oxygens (including phenoxy) is 1. The molecule has 9 heteroatoms. The summed E-state index contributed by atoms with van der Waals surface area (Å²) < 4.78 is 36.0. The first-order valence-corrected chi connectivity index (χ1v) is 8.29. The van der Waals surface area contributed by atoms with Gasteiger partial charge in [0, 0.05) is 26.3 Å². The Morgan fingerprint density at radius 3 is 2.76 bits per heavy atom. The smallest absolute Gasteiger partial charge is 0.371 e. The first-order valence-electron chi connectivity index (χ1n) is 6.06. The minimum Gasteiger partial charge on any atom is -0.475 e. The second-order valence-electron chi connectivity index (χ2n) is 4.46. The van der Waals surface area contributed by atoms with Crippen molar-refractivity contribution in [2.75, 3.05) is 26.8 Å². The molecule has 0 atom stereocenters. The molecular weight excluding hydrogens is 366 g/mol. The van der Waals surface area contributed by atoms with Crippen LogP contribution in [0.5, 0.6) is 0 Å². The number of sulfonamides is 1. The van der Waals surface area contributed by atoms with Gasteiger partial charge < -0.3 is 14.3 Å². The van der Waals surface area contributed by atoms with Crippen LogP contribution in [-0.4, -0.2) is 50.6 Å². The third-order valence-electron chi connectivity index (χ3n) is 3.08. The largest absolute Gasteiger partial charge is 0.475 e. The highest BCUT2D eigenvalue weighted by molar-refractivity contribution is 9.10. The lowest BCUT2D eigenvalue weighted by Crippen LogP contribution is -2.35. The fourth-order valence-corrected chi connectivity index (χ4v) is 4.28. The molecule has 1 aliphatic heterocycles. The Morgan fingerprint density at radius 1 is 1.57 bits per heavy atom. The summed E-state index contributed by atoms with van der Waals surface area (Å²) in [6.07, 6.45) is 2.38. The normalized spacial score (nSPS) is 16.8. The van der Waals surface area contributed by atoms with Crippen LogP contribution in [-0.2, 0) is 14.8 Å². The maximum absolute atomic E-state index is 12.5. The van der Waals surface area contributed by atoms with Crippen molar-refractivity contribution < 1.29 is 27.5 Å². The molecule has 21 heavy (non-hydrogen) atoms. The average Bonchev–Trinajstić information content (AvgIpc) is 2.83. The topological polar surface area (TPSA) is 97.0 Å². The van der Waals surface area contributed by atoms with Gasteiger partial charge in [0.2, 0.25) is 15.8 Å². The molecule has 0 amide bonds. The fraction of sp³-hybridized carbons (Fsp3) is 0.417. The van der Waals surface area contributed by atoms with Gasteiger partial charge in [-0.2, -0.15) is 4.31 Å². The van der Waals surface area contributed by atoms with Crippen LogP contribution in [0.4, 0.5) is 0 Å². The molecule has 0 aliphatic carbocycles. The van der Waals surface area contributed by atoms with Crippen molar-refractivity contribution in [3.8, 4) is 0 Å². The summed E-state index contributed by atoms with van der Waals surface area (Å²) in [5.41, 5.74) is 1.04. The zero-order valence-corrected chi connectivity index (χ0v) is 13.6. The molecule has 0 saturated carbocycles. The second-order valence-corrected chi connectivity index (χ2v) is 7.09. The highest BCUT2D eigenvalue weighted by Gasteiger charge is 2.31. The number of furan rings is 1. The van der Waals surface area contributed by atoms with Crippen molar-refractivity contribution in [1.82, 2.24) is 4.31 Å². The van der Waals surface area contributed by atoms with E-state index in [9.17, 15) is 13.2 Å². The molecule has 1 aliphatic rings. The third kappa shape index (κ3) is 3.37. The van der Waals surface area contributed by atoms with Crippen LogP contribution in [0.2, 0.25) is 0 Å². The lowest BCUT2D eigenvalue weighted by molar-refractivity contribution is 0.0661. The van der Waals surface area contributed by atoms with Crippen LogP contribution in [0.1, 0.15) is 17.0 Å². The van der Waals surface area contributed by atoms with Crippen molar-refractivity contribution in [3.05, 3.63) is 28.1 Å². The highest BCUT2D eigenvalue weighted by Crippen LogP contribution is 2.30. The van der Waals surface area contributed by atoms with Gasteiger partial charge in [0.25, 0.3) is 0 Å². The predicted molar refractivity (Wildman–Crippen MR) is 76.7 cm³/mol. The third-order valence-corrected chi connectivity index (χ3v) is 5.80. The number of carboxylic acids is 1. The Balaban J connectivity index is 2.25. The Labute approximate surface area is 130 Å². The van der Waals surface area contributed by atoms with Crippen molar-refractivity contribution >= 4 is 31.9 Å². The molecule has 0 fully saturated rings. The molecule has 7 nitrogen and oxygen atoms in total. The molecule has 1 N–H and O–H groups in total. The highest BCUT2D eigenvalue weighted by atomic mass is 79.9. The van der Waals surface area contributed by atoms with Crippen LogP contribution in [0, 0.1) is 0 Å². The van der Waals surface area contributed by atoms with Crippen molar-refractivity contribution in [3.63, 3.8) is 0 Å². The Hall–Kier alpha value is -1.16. The monoisotopic (exact) mass is 379 g/mol. The minimum absolute atomic E-state index is 0.105. The number of aromatic carboxylic acids is 1. The lowest BCUT2D eigenvalue weighted by atomic mass is 10.1. The maximum atomic E-state index is 12.5. The minimum atomic E-state index is -3.80. The molecule has 0 aromatic carbocycles. The Bertz CT molecular complexity index is 678. The van der Waals surface area contributed by atoms with Gasteiger partial charge in [0.15, 0.2) is 4.67 Å². The summed E-state index contributed by atoms with van der Waals surface area (Å²) >= 11 is 2.95. The molecule has 0 radical (unpaired) electrons. The number of carbonyl (C=O) groups is 1. The molecule has 0 bridgehead atoms. The van der Waals surface area contributed by atoms with Crippen LogP contribution in [0.15, 0.2) is 31.7 Å². The molecule has 0 unspecified atom stereocenters. The standard InChI is InChI=1S/C12H14BrNO6S/c1-19-7-8-2-4-14(5-3-8)21(17,18)10-6-9(12(15)16)20-11(10)13/h2,6H,3-5,7H2,1H3,(H,15,16). The van der Waals surface area contributed by atoms with Gasteiger partial charge in [0.1, 0.15) is 4.90 Å². The van der Waals surface area contributed by atoms with E-state index in [-0.39, 0.29) is 16.1 Å². The van der Waals surface area contributed by atoms with Gasteiger partial charge in [-0.15, -0.1) is 0 Å². The van der Waals surface area contributed by atoms with E-state index in [0.29, 0.717) is 19.6 Å². The van der Waals surface area contributed by atoms with Crippen LogP contribution >= 0.6 is 15.9 Å². The number of hydrogen-bond donors (Lipinski definition) is 1. The SMILES string of the molecule is COCC1=CCN(S(=O)(=O)c2cc(C(=O)O)oc2Br)CC1. The van der Waals surface area contributed by atoms with Gasteiger partial charge in [-0.25, -0.2) is 13.2 Å².